The number of benzene rings is 1. The van der Waals surface area contributed by atoms with Crippen molar-refractivity contribution in [2.75, 3.05) is 12.4 Å². The smallest absolute Gasteiger partial charge is 0.119 e. The Hall–Kier alpha value is -0.630. The molecule has 0 saturated carbocycles. The van der Waals surface area contributed by atoms with Gasteiger partial charge in [0, 0.05) is 5.75 Å². The molecule has 0 unspecified atom stereocenters. The summed E-state index contributed by atoms with van der Waals surface area (Å²) in [5.74, 6) is 2.27. The van der Waals surface area contributed by atoms with Crippen LogP contribution in [0.25, 0.3) is 0 Å². The second-order valence-corrected chi connectivity index (χ2v) is 4.39. The summed E-state index contributed by atoms with van der Waals surface area (Å²) in [6.07, 6.45) is 1.08. The van der Waals surface area contributed by atoms with E-state index in [-0.39, 0.29) is 0 Å². The van der Waals surface area contributed by atoms with Gasteiger partial charge in [-0.15, -0.1) is 0 Å². The Labute approximate surface area is 98.3 Å². The van der Waals surface area contributed by atoms with Crippen LogP contribution in [-0.2, 0) is 6.42 Å². The maximum absolute atomic E-state index is 5.57. The maximum Gasteiger partial charge on any atom is 0.119 e. The zero-order valence-electron chi connectivity index (χ0n) is 9.79. The van der Waals surface area contributed by atoms with Crippen LogP contribution in [-0.4, -0.2) is 12.4 Å². The summed E-state index contributed by atoms with van der Waals surface area (Å²) in [7, 11) is 0. The van der Waals surface area contributed by atoms with Crippen LogP contribution in [0.2, 0.25) is 0 Å². The standard InChI is InChI=1S/C13H20OS/c1-4-11-5-6-12(14-7-8-15)9-13(11)10(2)3/h5-6,9-10,15H,4,7-8H2,1-3H3. The Kier molecular flexibility index (Phi) is 5.03. The van der Waals surface area contributed by atoms with Crippen LogP contribution >= 0.6 is 12.6 Å². The Bertz CT molecular complexity index is 307. The lowest BCUT2D eigenvalue weighted by Gasteiger charge is -2.14. The van der Waals surface area contributed by atoms with Gasteiger partial charge in [0.05, 0.1) is 6.61 Å². The number of thiol groups is 1. The first-order valence-corrected chi connectivity index (χ1v) is 6.18. The summed E-state index contributed by atoms with van der Waals surface area (Å²) in [6, 6.07) is 6.38. The molecule has 0 saturated heterocycles. The van der Waals surface area contributed by atoms with E-state index in [2.05, 4.69) is 45.5 Å². The van der Waals surface area contributed by atoms with E-state index in [0.717, 1.165) is 17.9 Å². The van der Waals surface area contributed by atoms with Gasteiger partial charge in [0.15, 0.2) is 0 Å². The number of ether oxygens (including phenoxy) is 1. The van der Waals surface area contributed by atoms with Crippen molar-refractivity contribution in [3.05, 3.63) is 29.3 Å². The monoisotopic (exact) mass is 224 g/mol. The molecule has 0 heterocycles. The van der Waals surface area contributed by atoms with Crippen molar-refractivity contribution in [1.82, 2.24) is 0 Å². The minimum absolute atomic E-state index is 0.555. The molecule has 1 rings (SSSR count). The van der Waals surface area contributed by atoms with Gasteiger partial charge in [-0.2, -0.15) is 12.6 Å². The Balaban J connectivity index is 2.89. The molecule has 1 aromatic carbocycles. The lowest BCUT2D eigenvalue weighted by molar-refractivity contribution is 0.343. The zero-order valence-corrected chi connectivity index (χ0v) is 10.7. The summed E-state index contributed by atoms with van der Waals surface area (Å²) in [5.41, 5.74) is 2.82. The first kappa shape index (κ1) is 12.4. The normalized spacial score (nSPS) is 10.7. The van der Waals surface area contributed by atoms with Crippen LogP contribution in [0.5, 0.6) is 5.75 Å². The topological polar surface area (TPSA) is 9.23 Å². The average molecular weight is 224 g/mol. The first-order valence-electron chi connectivity index (χ1n) is 5.55. The van der Waals surface area contributed by atoms with Crippen molar-refractivity contribution in [2.24, 2.45) is 0 Å². The Morgan fingerprint density at radius 3 is 2.60 bits per heavy atom. The van der Waals surface area contributed by atoms with Crippen LogP contribution < -0.4 is 4.74 Å². The number of rotatable bonds is 5. The van der Waals surface area contributed by atoms with E-state index in [0.29, 0.717) is 12.5 Å². The molecule has 0 amide bonds. The fraction of sp³-hybridized carbons (Fsp3) is 0.538. The van der Waals surface area contributed by atoms with Crippen LogP contribution in [0.15, 0.2) is 18.2 Å². The molecule has 15 heavy (non-hydrogen) atoms. The van der Waals surface area contributed by atoms with E-state index < -0.39 is 0 Å². The summed E-state index contributed by atoms with van der Waals surface area (Å²) in [5, 5.41) is 0. The van der Waals surface area contributed by atoms with E-state index >= 15 is 0 Å². The van der Waals surface area contributed by atoms with Crippen LogP contribution in [0.4, 0.5) is 0 Å². The third-order valence-electron chi connectivity index (χ3n) is 2.48. The van der Waals surface area contributed by atoms with E-state index in [1.165, 1.54) is 11.1 Å². The highest BCUT2D eigenvalue weighted by Crippen LogP contribution is 2.25. The van der Waals surface area contributed by atoms with Crippen LogP contribution in [0, 0.1) is 0 Å². The quantitative estimate of drug-likeness (QED) is 0.751. The fourth-order valence-electron chi connectivity index (χ4n) is 1.69. The van der Waals surface area contributed by atoms with E-state index in [1.54, 1.807) is 0 Å². The zero-order chi connectivity index (χ0) is 11.3. The van der Waals surface area contributed by atoms with Crippen molar-refractivity contribution in [3.8, 4) is 5.75 Å². The molecular formula is C13H20OS. The van der Waals surface area contributed by atoms with Gasteiger partial charge in [-0.25, -0.2) is 0 Å². The van der Waals surface area contributed by atoms with Crippen molar-refractivity contribution >= 4 is 12.6 Å². The molecule has 1 nitrogen and oxygen atoms in total. The van der Waals surface area contributed by atoms with Gasteiger partial charge in [-0.3, -0.25) is 0 Å². The molecule has 0 aliphatic rings. The molecule has 2 heteroatoms. The number of aryl methyl sites for hydroxylation is 1. The predicted molar refractivity (Wildman–Crippen MR) is 69.3 cm³/mol. The van der Waals surface area contributed by atoms with Crippen molar-refractivity contribution in [2.45, 2.75) is 33.1 Å². The van der Waals surface area contributed by atoms with E-state index in [4.69, 9.17) is 4.74 Å². The first-order chi connectivity index (χ1) is 7.19. The summed E-state index contributed by atoms with van der Waals surface area (Å²) < 4.78 is 5.57. The van der Waals surface area contributed by atoms with Gasteiger partial charge < -0.3 is 4.74 Å². The molecule has 0 bridgehead atoms. The van der Waals surface area contributed by atoms with E-state index in [9.17, 15) is 0 Å². The van der Waals surface area contributed by atoms with Gasteiger partial charge >= 0.3 is 0 Å². The molecule has 0 aliphatic heterocycles. The lowest BCUT2D eigenvalue weighted by Crippen LogP contribution is -2.01. The molecule has 84 valence electrons. The van der Waals surface area contributed by atoms with Gasteiger partial charge in [-0.05, 0) is 35.6 Å². The molecule has 0 atom stereocenters. The van der Waals surface area contributed by atoms with Gasteiger partial charge in [-0.1, -0.05) is 26.8 Å². The predicted octanol–water partition coefficient (Wildman–Crippen LogP) is 3.68. The van der Waals surface area contributed by atoms with E-state index in [1.807, 2.05) is 6.07 Å². The van der Waals surface area contributed by atoms with Crippen molar-refractivity contribution in [1.29, 1.82) is 0 Å². The number of hydrogen-bond donors (Lipinski definition) is 1. The second-order valence-electron chi connectivity index (χ2n) is 3.94. The molecule has 0 aromatic heterocycles. The summed E-state index contributed by atoms with van der Waals surface area (Å²) in [6.45, 7) is 7.30. The molecule has 1 aromatic rings. The average Bonchev–Trinajstić information content (AvgIpc) is 2.25. The fourth-order valence-corrected chi connectivity index (χ4v) is 1.78. The lowest BCUT2D eigenvalue weighted by atomic mass is 9.95. The maximum atomic E-state index is 5.57. The highest BCUT2D eigenvalue weighted by Gasteiger charge is 2.06. The molecule has 0 fully saturated rings. The Morgan fingerprint density at radius 2 is 2.07 bits per heavy atom. The van der Waals surface area contributed by atoms with Crippen LogP contribution in [0.1, 0.15) is 37.8 Å². The molecule has 0 N–H and O–H groups in total. The molecule has 0 radical (unpaired) electrons. The van der Waals surface area contributed by atoms with Gasteiger partial charge in [0.2, 0.25) is 0 Å². The number of hydrogen-bond acceptors (Lipinski definition) is 2. The second kappa shape index (κ2) is 6.06. The van der Waals surface area contributed by atoms with Gasteiger partial charge in [0.1, 0.15) is 5.75 Å². The molecule has 0 spiro atoms. The SMILES string of the molecule is CCc1ccc(OCCS)cc1C(C)C. The summed E-state index contributed by atoms with van der Waals surface area (Å²) >= 11 is 4.13. The minimum atomic E-state index is 0.555. The Morgan fingerprint density at radius 1 is 1.33 bits per heavy atom. The molecule has 0 aliphatic carbocycles. The van der Waals surface area contributed by atoms with Crippen LogP contribution in [0.3, 0.4) is 0 Å². The van der Waals surface area contributed by atoms with Crippen molar-refractivity contribution in [3.63, 3.8) is 0 Å². The van der Waals surface area contributed by atoms with Gasteiger partial charge in [0.25, 0.3) is 0 Å². The third-order valence-corrected chi connectivity index (χ3v) is 2.66. The molecular weight excluding hydrogens is 204 g/mol. The highest BCUT2D eigenvalue weighted by atomic mass is 32.1. The largest absolute Gasteiger partial charge is 0.493 e. The van der Waals surface area contributed by atoms with Crippen molar-refractivity contribution < 1.29 is 4.74 Å². The highest BCUT2D eigenvalue weighted by molar-refractivity contribution is 7.80. The summed E-state index contributed by atoms with van der Waals surface area (Å²) in [4.78, 5) is 0. The third kappa shape index (κ3) is 3.45. The minimum Gasteiger partial charge on any atom is -0.493 e.